The van der Waals surface area contributed by atoms with E-state index < -0.39 is 35.4 Å². The highest BCUT2D eigenvalue weighted by molar-refractivity contribution is 5.76. The fourth-order valence-corrected chi connectivity index (χ4v) is 4.38. The van der Waals surface area contributed by atoms with E-state index in [1.54, 1.807) is 6.07 Å². The van der Waals surface area contributed by atoms with Gasteiger partial charge in [0, 0.05) is 11.6 Å². The van der Waals surface area contributed by atoms with Gasteiger partial charge in [0.25, 0.3) is 0 Å². The van der Waals surface area contributed by atoms with Gasteiger partial charge >= 0.3 is 12.1 Å². The quantitative estimate of drug-likeness (QED) is 0.265. The van der Waals surface area contributed by atoms with Crippen molar-refractivity contribution in [2.75, 3.05) is 0 Å². The molecule has 1 aliphatic carbocycles. The highest BCUT2D eigenvalue weighted by Gasteiger charge is 2.37. The van der Waals surface area contributed by atoms with Crippen LogP contribution in [0.4, 0.5) is 22.0 Å². The molecule has 1 saturated carbocycles. The van der Waals surface area contributed by atoms with Gasteiger partial charge < -0.3 is 9.63 Å². The van der Waals surface area contributed by atoms with Gasteiger partial charge in [-0.15, -0.1) is 0 Å². The van der Waals surface area contributed by atoms with Crippen LogP contribution in [0, 0.1) is 11.6 Å². The number of halogens is 5. The van der Waals surface area contributed by atoms with E-state index in [0.717, 1.165) is 35.7 Å². The van der Waals surface area contributed by atoms with Gasteiger partial charge in [0.1, 0.15) is 17.1 Å². The van der Waals surface area contributed by atoms with Crippen LogP contribution in [-0.2, 0) is 11.0 Å². The van der Waals surface area contributed by atoms with E-state index in [1.807, 2.05) is 0 Å². The van der Waals surface area contributed by atoms with Crippen molar-refractivity contribution in [3.63, 3.8) is 0 Å². The maximum Gasteiger partial charge on any atom is 0.417 e. The van der Waals surface area contributed by atoms with Crippen molar-refractivity contribution in [3.05, 3.63) is 83.4 Å². The highest BCUT2D eigenvalue weighted by atomic mass is 19.4. The normalized spacial score (nSPS) is 14.6. The summed E-state index contributed by atoms with van der Waals surface area (Å²) in [4.78, 5) is 20.5. The van der Waals surface area contributed by atoms with E-state index in [4.69, 9.17) is 4.52 Å². The maximum atomic E-state index is 14.2. The summed E-state index contributed by atoms with van der Waals surface area (Å²) in [6, 6.07) is 7.01. The molecule has 1 atom stereocenters. The molecule has 6 rings (SSSR count). The number of alkyl halides is 3. The first kappa shape index (κ1) is 24.6. The zero-order chi connectivity index (χ0) is 27.5. The molecule has 2 aromatic carbocycles. The van der Waals surface area contributed by atoms with Crippen molar-refractivity contribution >= 4 is 5.97 Å². The summed E-state index contributed by atoms with van der Waals surface area (Å²) in [6.07, 6.45) is -0.634. The zero-order valence-electron chi connectivity index (χ0n) is 19.7. The summed E-state index contributed by atoms with van der Waals surface area (Å²) in [5.41, 5.74) is -0.648. The van der Waals surface area contributed by atoms with Crippen LogP contribution in [0.3, 0.4) is 0 Å². The number of carboxylic acid groups (broad SMARTS) is 1. The standard InChI is InChI=1S/C26H16F5N5O3/c27-17-3-1-2-15(22(17)28)24-33-19-10-32-36(11-20(19)34-24)23(25(37)38)21-9-18(35-39-21)14-7-6-13(12-4-5-12)8-16(14)26(29,30)31/h1-3,6-12,23H,4-5H2,(H,37,38). The van der Waals surface area contributed by atoms with Gasteiger partial charge in [-0.2, -0.15) is 18.3 Å². The number of carboxylic acids is 1. The van der Waals surface area contributed by atoms with Crippen LogP contribution in [0.1, 0.15) is 41.7 Å². The first-order chi connectivity index (χ1) is 18.6. The average Bonchev–Trinajstić information content (AvgIpc) is 3.48. The molecule has 0 radical (unpaired) electrons. The minimum absolute atomic E-state index is 0.0963. The van der Waals surface area contributed by atoms with Crippen molar-refractivity contribution in [2.45, 2.75) is 31.0 Å². The first-order valence-corrected chi connectivity index (χ1v) is 11.7. The number of aromatic nitrogens is 5. The summed E-state index contributed by atoms with van der Waals surface area (Å²) in [5.74, 6) is -3.99. The first-order valence-electron chi connectivity index (χ1n) is 11.7. The van der Waals surface area contributed by atoms with Gasteiger partial charge in [0.2, 0.25) is 6.04 Å². The number of imidazole rings is 1. The van der Waals surface area contributed by atoms with Crippen molar-refractivity contribution < 1.29 is 36.4 Å². The van der Waals surface area contributed by atoms with E-state index in [9.17, 15) is 31.9 Å². The monoisotopic (exact) mass is 541 g/mol. The van der Waals surface area contributed by atoms with Crippen molar-refractivity contribution in [1.82, 2.24) is 24.9 Å². The summed E-state index contributed by atoms with van der Waals surface area (Å²) in [5, 5.41) is 17.7. The zero-order valence-corrected chi connectivity index (χ0v) is 19.7. The molecule has 1 aromatic heterocycles. The molecule has 1 N–H and O–H groups in total. The lowest BCUT2D eigenvalue weighted by molar-refractivity contribution is -0.140. The van der Waals surface area contributed by atoms with E-state index in [2.05, 4.69) is 20.2 Å². The molecule has 2 aliphatic heterocycles. The van der Waals surface area contributed by atoms with E-state index in [0.29, 0.717) is 5.56 Å². The Balaban J connectivity index is 1.37. The second kappa shape index (κ2) is 8.96. The van der Waals surface area contributed by atoms with Gasteiger partial charge in [-0.05, 0) is 42.5 Å². The lowest BCUT2D eigenvalue weighted by Crippen LogP contribution is -2.22. The maximum absolute atomic E-state index is 14.2. The number of hydrogen-bond donors (Lipinski definition) is 1. The molecule has 13 heteroatoms. The van der Waals surface area contributed by atoms with Crippen LogP contribution in [0.2, 0.25) is 0 Å². The Morgan fingerprint density at radius 2 is 1.79 bits per heavy atom. The second-order valence-electron chi connectivity index (χ2n) is 9.11. The summed E-state index contributed by atoms with van der Waals surface area (Å²) in [7, 11) is 0. The third-order valence-corrected chi connectivity index (χ3v) is 6.45. The molecule has 3 aliphatic rings. The fourth-order valence-electron chi connectivity index (χ4n) is 4.38. The predicted octanol–water partition coefficient (Wildman–Crippen LogP) is 5.95. The second-order valence-corrected chi connectivity index (χ2v) is 9.11. The minimum Gasteiger partial charge on any atom is -0.479 e. The molecule has 3 heterocycles. The number of hydrogen-bond acceptors (Lipinski definition) is 6. The molecule has 1 fully saturated rings. The van der Waals surface area contributed by atoms with Crippen LogP contribution in [0.15, 0.2) is 59.4 Å². The van der Waals surface area contributed by atoms with Crippen LogP contribution >= 0.6 is 0 Å². The lowest BCUT2D eigenvalue weighted by atomic mass is 9.98. The SMILES string of the molecule is O=C(O)C(c1cc(-c2ccc(C3CC3)cc2C(F)(F)F)no1)n1cc2nc(-c3cccc(F)c3F)nc-2cn1. The van der Waals surface area contributed by atoms with Crippen LogP contribution < -0.4 is 0 Å². The fraction of sp³-hybridized carbons (Fsp3) is 0.192. The van der Waals surface area contributed by atoms with E-state index in [-0.39, 0.29) is 45.7 Å². The third kappa shape index (κ3) is 4.49. The number of aliphatic carboxylic acids is 1. The number of nitrogens with zero attached hydrogens (tertiary/aromatic N) is 5. The smallest absolute Gasteiger partial charge is 0.417 e. The van der Waals surface area contributed by atoms with Gasteiger partial charge in [-0.25, -0.2) is 28.2 Å². The topological polar surface area (TPSA) is 107 Å². The Morgan fingerprint density at radius 1 is 1.03 bits per heavy atom. The van der Waals surface area contributed by atoms with Gasteiger partial charge in [0.05, 0.1) is 23.5 Å². The minimum atomic E-state index is -4.66. The largest absolute Gasteiger partial charge is 0.479 e. The Morgan fingerprint density at radius 3 is 2.51 bits per heavy atom. The van der Waals surface area contributed by atoms with Crippen LogP contribution in [0.25, 0.3) is 34.0 Å². The molecule has 1 unspecified atom stereocenters. The van der Waals surface area contributed by atoms with Crippen LogP contribution in [-0.4, -0.2) is 36.0 Å². The molecular weight excluding hydrogens is 525 g/mol. The van der Waals surface area contributed by atoms with Gasteiger partial charge in [0.15, 0.2) is 23.2 Å². The van der Waals surface area contributed by atoms with Gasteiger partial charge in [-0.1, -0.05) is 23.4 Å². The molecule has 39 heavy (non-hydrogen) atoms. The molecule has 0 bridgehead atoms. The van der Waals surface area contributed by atoms with Gasteiger partial charge in [-0.3, -0.25) is 0 Å². The number of carbonyl (C=O) groups is 1. The summed E-state index contributed by atoms with van der Waals surface area (Å²) < 4.78 is 75.6. The molecule has 198 valence electrons. The predicted molar refractivity (Wildman–Crippen MR) is 124 cm³/mol. The number of rotatable bonds is 6. The molecule has 3 aromatic rings. The molecule has 0 amide bonds. The Labute approximate surface area is 216 Å². The summed E-state index contributed by atoms with van der Waals surface area (Å²) in [6.45, 7) is 0. The average molecular weight is 541 g/mol. The molecule has 8 nitrogen and oxygen atoms in total. The highest BCUT2D eigenvalue weighted by Crippen LogP contribution is 2.44. The third-order valence-electron chi connectivity index (χ3n) is 6.45. The summed E-state index contributed by atoms with van der Waals surface area (Å²) >= 11 is 0. The Hall–Kier alpha value is -4.68. The Kier molecular flexibility index (Phi) is 5.66. The Bertz CT molecular complexity index is 1690. The number of benzene rings is 2. The van der Waals surface area contributed by atoms with Crippen molar-refractivity contribution in [3.8, 4) is 34.0 Å². The van der Waals surface area contributed by atoms with E-state index >= 15 is 0 Å². The lowest BCUT2D eigenvalue weighted by Gasteiger charge is -2.13. The van der Waals surface area contributed by atoms with Crippen LogP contribution in [0.5, 0.6) is 0 Å². The number of fused-ring (bicyclic) bond motifs is 1. The molecular formula is C26H16F5N5O3. The molecule has 0 spiro atoms. The van der Waals surface area contributed by atoms with E-state index in [1.165, 1.54) is 30.6 Å². The van der Waals surface area contributed by atoms with Crippen molar-refractivity contribution in [2.24, 2.45) is 0 Å². The van der Waals surface area contributed by atoms with Crippen molar-refractivity contribution in [1.29, 1.82) is 0 Å². The molecule has 0 saturated heterocycles.